The van der Waals surface area contributed by atoms with E-state index in [0.29, 0.717) is 19.4 Å². The van der Waals surface area contributed by atoms with Crippen molar-refractivity contribution in [2.24, 2.45) is 0 Å². The molecular formula is C23H35N3O7. The number of unbranched alkanes of at least 4 members (excludes halogenated alkanes) is 1. The Morgan fingerprint density at radius 1 is 0.970 bits per heavy atom. The lowest BCUT2D eigenvalue weighted by Crippen LogP contribution is -2.51. The fourth-order valence-electron chi connectivity index (χ4n) is 2.70. The van der Waals surface area contributed by atoms with Gasteiger partial charge in [-0.3, -0.25) is 4.79 Å². The first-order valence-electron chi connectivity index (χ1n) is 10.8. The number of hydrogen-bond acceptors (Lipinski definition) is 7. The van der Waals surface area contributed by atoms with Gasteiger partial charge in [0.1, 0.15) is 24.3 Å². The van der Waals surface area contributed by atoms with Gasteiger partial charge in [0.25, 0.3) is 0 Å². The van der Waals surface area contributed by atoms with Gasteiger partial charge in [-0.1, -0.05) is 30.3 Å². The van der Waals surface area contributed by atoms with Gasteiger partial charge in [-0.25, -0.2) is 14.4 Å². The molecule has 10 heteroatoms. The van der Waals surface area contributed by atoms with Crippen LogP contribution in [-0.4, -0.2) is 55.4 Å². The fraction of sp³-hybridized carbons (Fsp3) is 0.565. The number of carbonyl (C=O) groups is 4. The molecule has 0 heterocycles. The van der Waals surface area contributed by atoms with E-state index in [1.54, 1.807) is 20.8 Å². The van der Waals surface area contributed by atoms with Crippen LogP contribution >= 0.6 is 0 Å². The van der Waals surface area contributed by atoms with Crippen molar-refractivity contribution in [3.8, 4) is 0 Å². The van der Waals surface area contributed by atoms with Crippen LogP contribution < -0.4 is 16.0 Å². The largest absolute Gasteiger partial charge is 0.467 e. The van der Waals surface area contributed by atoms with Gasteiger partial charge in [0.05, 0.1) is 7.11 Å². The second-order valence-corrected chi connectivity index (χ2v) is 8.44. The zero-order chi connectivity index (χ0) is 24.9. The number of nitrogens with one attached hydrogen (secondary N) is 3. The Kier molecular flexibility index (Phi) is 11.7. The molecule has 0 spiro atoms. The number of rotatable bonds is 11. The number of benzene rings is 1. The number of carbonyl (C=O) groups excluding carboxylic acids is 4. The van der Waals surface area contributed by atoms with E-state index in [-0.39, 0.29) is 13.0 Å². The fourth-order valence-corrected chi connectivity index (χ4v) is 2.70. The maximum atomic E-state index is 12.6. The van der Waals surface area contributed by atoms with Crippen molar-refractivity contribution in [2.45, 2.75) is 71.2 Å². The van der Waals surface area contributed by atoms with Gasteiger partial charge in [0.15, 0.2) is 0 Å². The molecule has 0 aromatic heterocycles. The van der Waals surface area contributed by atoms with Crippen molar-refractivity contribution in [3.63, 3.8) is 0 Å². The van der Waals surface area contributed by atoms with Crippen molar-refractivity contribution in [1.29, 1.82) is 0 Å². The summed E-state index contributed by atoms with van der Waals surface area (Å²) in [5.41, 5.74) is 0.217. The SMILES string of the molecule is COC(=O)[C@@H](C)NC(=O)[C@H](CCCCNC(=O)OC(C)(C)C)NC(=O)OCc1ccccc1. The quantitative estimate of drug-likeness (QED) is 0.260. The van der Waals surface area contributed by atoms with E-state index >= 15 is 0 Å². The molecule has 0 saturated heterocycles. The average molecular weight is 466 g/mol. The molecule has 0 unspecified atom stereocenters. The Balaban J connectivity index is 2.57. The van der Waals surface area contributed by atoms with E-state index in [1.807, 2.05) is 30.3 Å². The van der Waals surface area contributed by atoms with E-state index in [1.165, 1.54) is 14.0 Å². The van der Waals surface area contributed by atoms with Crippen molar-refractivity contribution in [1.82, 2.24) is 16.0 Å². The van der Waals surface area contributed by atoms with Crippen LogP contribution in [0.3, 0.4) is 0 Å². The number of hydrogen-bond donors (Lipinski definition) is 3. The van der Waals surface area contributed by atoms with E-state index in [4.69, 9.17) is 9.47 Å². The zero-order valence-corrected chi connectivity index (χ0v) is 19.9. The zero-order valence-electron chi connectivity index (χ0n) is 19.9. The minimum atomic E-state index is -0.929. The summed E-state index contributed by atoms with van der Waals surface area (Å²) in [6.07, 6.45) is 0.0641. The molecule has 0 fully saturated rings. The molecule has 33 heavy (non-hydrogen) atoms. The third-order valence-corrected chi connectivity index (χ3v) is 4.32. The Bertz CT molecular complexity index is 778. The molecule has 0 aliphatic carbocycles. The highest BCUT2D eigenvalue weighted by molar-refractivity contribution is 5.89. The molecular weight excluding hydrogens is 430 g/mol. The number of ether oxygens (including phenoxy) is 3. The lowest BCUT2D eigenvalue weighted by molar-refractivity contribution is -0.144. The summed E-state index contributed by atoms with van der Waals surface area (Å²) in [5.74, 6) is -1.14. The summed E-state index contributed by atoms with van der Waals surface area (Å²) in [7, 11) is 1.22. The van der Waals surface area contributed by atoms with Gasteiger partial charge >= 0.3 is 18.2 Å². The summed E-state index contributed by atoms with van der Waals surface area (Å²) in [4.78, 5) is 48.2. The monoisotopic (exact) mass is 465 g/mol. The topological polar surface area (TPSA) is 132 Å². The summed E-state index contributed by atoms with van der Waals surface area (Å²) in [5, 5.41) is 7.71. The number of esters is 1. The van der Waals surface area contributed by atoms with Crippen LogP contribution in [0.1, 0.15) is 52.5 Å². The van der Waals surface area contributed by atoms with Gasteiger partial charge < -0.3 is 30.2 Å². The van der Waals surface area contributed by atoms with Crippen LogP contribution in [0.4, 0.5) is 9.59 Å². The Hall–Kier alpha value is -3.30. The van der Waals surface area contributed by atoms with Crippen LogP contribution in [0, 0.1) is 0 Å². The van der Waals surface area contributed by atoms with Crippen LogP contribution in [0.2, 0.25) is 0 Å². The molecule has 10 nitrogen and oxygen atoms in total. The highest BCUT2D eigenvalue weighted by Gasteiger charge is 2.25. The first-order chi connectivity index (χ1) is 15.5. The minimum Gasteiger partial charge on any atom is -0.467 e. The molecule has 2 atom stereocenters. The lowest BCUT2D eigenvalue weighted by atomic mass is 10.1. The standard InChI is InChI=1S/C23H35N3O7/c1-16(20(28)31-5)25-19(27)18(13-9-10-14-24-21(29)33-23(2,3)4)26-22(30)32-15-17-11-7-6-8-12-17/h6-8,11-12,16,18H,9-10,13-15H2,1-5H3,(H,24,29)(H,25,27)(H,26,30)/t16-,18+/m1/s1. The average Bonchev–Trinajstić information content (AvgIpc) is 2.75. The number of amides is 3. The van der Waals surface area contributed by atoms with Gasteiger partial charge in [-0.05, 0) is 52.5 Å². The molecule has 3 amide bonds. The molecule has 1 aromatic carbocycles. The summed E-state index contributed by atoms with van der Waals surface area (Å²) < 4.78 is 15.0. The second kappa shape index (κ2) is 14.0. The Morgan fingerprint density at radius 2 is 1.64 bits per heavy atom. The van der Waals surface area contributed by atoms with Gasteiger partial charge in [0.2, 0.25) is 5.91 Å². The molecule has 0 saturated carbocycles. The predicted molar refractivity (Wildman–Crippen MR) is 121 cm³/mol. The highest BCUT2D eigenvalue weighted by atomic mass is 16.6. The van der Waals surface area contributed by atoms with Crippen molar-refractivity contribution in [3.05, 3.63) is 35.9 Å². The van der Waals surface area contributed by atoms with Crippen molar-refractivity contribution in [2.75, 3.05) is 13.7 Å². The molecule has 184 valence electrons. The van der Waals surface area contributed by atoms with E-state index in [2.05, 4.69) is 20.7 Å². The van der Waals surface area contributed by atoms with E-state index in [0.717, 1.165) is 5.56 Å². The number of methoxy groups -OCH3 is 1. The molecule has 0 radical (unpaired) electrons. The maximum absolute atomic E-state index is 12.6. The third-order valence-electron chi connectivity index (χ3n) is 4.32. The molecule has 3 N–H and O–H groups in total. The van der Waals surface area contributed by atoms with E-state index in [9.17, 15) is 19.2 Å². The van der Waals surface area contributed by atoms with Crippen LogP contribution in [0.25, 0.3) is 0 Å². The Labute approximate surface area is 194 Å². The molecule has 0 bridgehead atoms. The minimum absolute atomic E-state index is 0.0549. The first-order valence-corrected chi connectivity index (χ1v) is 10.8. The molecule has 0 aliphatic heterocycles. The molecule has 1 rings (SSSR count). The summed E-state index contributed by atoms with van der Waals surface area (Å²) >= 11 is 0. The summed E-state index contributed by atoms with van der Waals surface area (Å²) in [6, 6.07) is 7.33. The highest BCUT2D eigenvalue weighted by Crippen LogP contribution is 2.07. The van der Waals surface area contributed by atoms with Gasteiger partial charge in [0, 0.05) is 6.54 Å². The van der Waals surface area contributed by atoms with E-state index < -0.39 is 41.7 Å². The Morgan fingerprint density at radius 3 is 2.24 bits per heavy atom. The predicted octanol–water partition coefficient (Wildman–Crippen LogP) is 2.65. The van der Waals surface area contributed by atoms with Crippen LogP contribution in [0.5, 0.6) is 0 Å². The van der Waals surface area contributed by atoms with Gasteiger partial charge in [-0.15, -0.1) is 0 Å². The summed E-state index contributed by atoms with van der Waals surface area (Å²) in [6.45, 7) is 7.20. The smallest absolute Gasteiger partial charge is 0.408 e. The molecule has 0 aliphatic rings. The van der Waals surface area contributed by atoms with Crippen LogP contribution in [0.15, 0.2) is 30.3 Å². The lowest BCUT2D eigenvalue weighted by Gasteiger charge is -2.21. The normalized spacial score (nSPS) is 12.6. The maximum Gasteiger partial charge on any atom is 0.408 e. The third kappa shape index (κ3) is 12.4. The van der Waals surface area contributed by atoms with Gasteiger partial charge in [-0.2, -0.15) is 0 Å². The van der Waals surface area contributed by atoms with Crippen molar-refractivity contribution < 1.29 is 33.4 Å². The van der Waals surface area contributed by atoms with Crippen molar-refractivity contribution >= 4 is 24.1 Å². The number of alkyl carbamates (subject to hydrolysis) is 2. The second-order valence-electron chi connectivity index (χ2n) is 8.44. The molecule has 1 aromatic rings. The van der Waals surface area contributed by atoms with Crippen LogP contribution in [-0.2, 0) is 30.4 Å². The first kappa shape index (κ1) is 27.7.